The van der Waals surface area contributed by atoms with Crippen molar-refractivity contribution in [2.24, 2.45) is 0 Å². The summed E-state index contributed by atoms with van der Waals surface area (Å²) in [5, 5.41) is 18.2. The summed E-state index contributed by atoms with van der Waals surface area (Å²) >= 11 is 5.95. The molecule has 0 unspecified atom stereocenters. The quantitative estimate of drug-likeness (QED) is 0.739. The molecule has 0 spiro atoms. The van der Waals surface area contributed by atoms with Crippen LogP contribution in [0.3, 0.4) is 0 Å². The van der Waals surface area contributed by atoms with Crippen LogP contribution in [0.15, 0.2) is 30.5 Å². The maximum absolute atomic E-state index is 12.2. The monoisotopic (exact) mass is 288 g/mol. The van der Waals surface area contributed by atoms with Crippen molar-refractivity contribution in [2.75, 3.05) is 0 Å². The number of aromatic amines is 1. The van der Waals surface area contributed by atoms with E-state index in [9.17, 15) is 4.79 Å². The molecule has 0 bridgehead atoms. The summed E-state index contributed by atoms with van der Waals surface area (Å²) in [6.07, 6.45) is 1.35. The van der Waals surface area contributed by atoms with E-state index in [1.54, 1.807) is 29.8 Å². The average Bonchev–Trinajstić information content (AvgIpc) is 3.07. The van der Waals surface area contributed by atoms with E-state index in [1.165, 1.54) is 6.20 Å². The number of nitrogens with one attached hydrogen (secondary N) is 1. The van der Waals surface area contributed by atoms with E-state index >= 15 is 0 Å². The van der Waals surface area contributed by atoms with Crippen molar-refractivity contribution in [3.05, 3.63) is 52.6 Å². The number of benzene rings is 1. The lowest BCUT2D eigenvalue weighted by Gasteiger charge is -2.03. The summed E-state index contributed by atoms with van der Waals surface area (Å²) in [7, 11) is 0. The van der Waals surface area contributed by atoms with Crippen molar-refractivity contribution in [3.8, 4) is 5.69 Å². The van der Waals surface area contributed by atoms with Crippen LogP contribution < -0.4 is 0 Å². The van der Waals surface area contributed by atoms with Gasteiger partial charge in [0.15, 0.2) is 11.4 Å². The van der Waals surface area contributed by atoms with Gasteiger partial charge in [-0.2, -0.15) is 15.4 Å². The number of H-pyrrole nitrogens is 1. The Morgan fingerprint density at radius 3 is 2.95 bits per heavy atom. The highest BCUT2D eigenvalue weighted by Crippen LogP contribution is 2.17. The fourth-order valence-electron chi connectivity index (χ4n) is 1.82. The van der Waals surface area contributed by atoms with Crippen molar-refractivity contribution >= 4 is 17.4 Å². The number of aromatic nitrogens is 6. The van der Waals surface area contributed by atoms with Crippen LogP contribution in [0.2, 0.25) is 5.02 Å². The Kier molecular flexibility index (Phi) is 3.03. The Labute approximate surface area is 118 Å². The minimum Gasteiger partial charge on any atom is -0.285 e. The first-order valence-electron chi connectivity index (χ1n) is 5.75. The molecule has 0 fully saturated rings. The molecule has 2 heterocycles. The van der Waals surface area contributed by atoms with Crippen molar-refractivity contribution in [1.82, 2.24) is 30.4 Å². The molecule has 100 valence electrons. The van der Waals surface area contributed by atoms with Gasteiger partial charge in [0.1, 0.15) is 0 Å². The van der Waals surface area contributed by atoms with Crippen molar-refractivity contribution in [1.29, 1.82) is 0 Å². The summed E-state index contributed by atoms with van der Waals surface area (Å²) in [5.74, 6) is -0.329. The molecule has 3 aromatic rings. The number of rotatable bonds is 3. The van der Waals surface area contributed by atoms with Crippen LogP contribution >= 0.6 is 11.6 Å². The summed E-state index contributed by atoms with van der Waals surface area (Å²) in [6, 6.07) is 7.14. The van der Waals surface area contributed by atoms with Gasteiger partial charge in [0.25, 0.3) is 0 Å². The van der Waals surface area contributed by atoms with Gasteiger partial charge in [-0.15, -0.1) is 5.10 Å². The minimum absolute atomic E-state index is 0.200. The lowest BCUT2D eigenvalue weighted by molar-refractivity contribution is 0.102. The van der Waals surface area contributed by atoms with Crippen LogP contribution in [0.4, 0.5) is 0 Å². The number of halogens is 1. The van der Waals surface area contributed by atoms with E-state index in [0.29, 0.717) is 10.7 Å². The molecular formula is C12H9ClN6O. The molecule has 1 aromatic carbocycles. The fraction of sp³-hybridized carbons (Fsp3) is 0.0833. The van der Waals surface area contributed by atoms with E-state index in [0.717, 1.165) is 5.69 Å². The molecule has 20 heavy (non-hydrogen) atoms. The highest BCUT2D eigenvalue weighted by Gasteiger charge is 2.20. The largest absolute Gasteiger partial charge is 0.285 e. The van der Waals surface area contributed by atoms with E-state index in [1.807, 2.05) is 6.07 Å². The Hall–Kier alpha value is -2.54. The second-order valence-corrected chi connectivity index (χ2v) is 4.54. The second kappa shape index (κ2) is 4.86. The van der Waals surface area contributed by atoms with Gasteiger partial charge in [-0.05, 0) is 25.1 Å². The zero-order valence-electron chi connectivity index (χ0n) is 10.4. The fourth-order valence-corrected chi connectivity index (χ4v) is 2.01. The predicted octanol–water partition coefficient (Wildman–Crippen LogP) is 1.58. The number of hydrogen-bond acceptors (Lipinski definition) is 5. The van der Waals surface area contributed by atoms with Gasteiger partial charge < -0.3 is 0 Å². The summed E-state index contributed by atoms with van der Waals surface area (Å²) < 4.78 is 1.55. The minimum atomic E-state index is -0.329. The number of ketones is 1. The maximum Gasteiger partial charge on any atom is 0.237 e. The van der Waals surface area contributed by atoms with Crippen LogP contribution in [0.25, 0.3) is 5.69 Å². The van der Waals surface area contributed by atoms with Gasteiger partial charge in [-0.3, -0.25) is 4.79 Å². The second-order valence-electron chi connectivity index (χ2n) is 4.10. The Morgan fingerprint density at radius 2 is 2.25 bits per heavy atom. The van der Waals surface area contributed by atoms with Gasteiger partial charge in [0.2, 0.25) is 5.78 Å². The highest BCUT2D eigenvalue weighted by molar-refractivity contribution is 6.30. The molecule has 0 amide bonds. The summed E-state index contributed by atoms with van der Waals surface area (Å²) in [5.41, 5.74) is 1.78. The topological polar surface area (TPSA) is 89.3 Å². The Morgan fingerprint density at radius 1 is 1.40 bits per heavy atom. The molecule has 0 saturated heterocycles. The van der Waals surface area contributed by atoms with E-state index in [-0.39, 0.29) is 17.2 Å². The van der Waals surface area contributed by atoms with E-state index in [4.69, 9.17) is 11.6 Å². The Balaban J connectivity index is 2.03. The first kappa shape index (κ1) is 12.5. The van der Waals surface area contributed by atoms with Crippen molar-refractivity contribution < 1.29 is 4.79 Å². The van der Waals surface area contributed by atoms with Gasteiger partial charge in [-0.25, -0.2) is 4.68 Å². The third kappa shape index (κ3) is 2.08. The van der Waals surface area contributed by atoms with Crippen LogP contribution in [0.5, 0.6) is 0 Å². The lowest BCUT2D eigenvalue weighted by atomic mass is 10.2. The zero-order chi connectivity index (χ0) is 14.1. The molecule has 0 saturated carbocycles. The number of carbonyl (C=O) groups excluding carboxylic acids is 1. The van der Waals surface area contributed by atoms with Crippen LogP contribution in [-0.4, -0.2) is 36.2 Å². The molecular weight excluding hydrogens is 280 g/mol. The number of nitrogens with zero attached hydrogens (tertiary/aromatic N) is 5. The number of carbonyl (C=O) groups is 1. The average molecular weight is 289 g/mol. The third-order valence-electron chi connectivity index (χ3n) is 2.81. The number of hydrogen-bond donors (Lipinski definition) is 1. The SMILES string of the molecule is Cc1c(C(=O)c2cn[nH]n2)nnn1-c1cccc(Cl)c1. The summed E-state index contributed by atoms with van der Waals surface area (Å²) in [6.45, 7) is 1.76. The third-order valence-corrected chi connectivity index (χ3v) is 3.05. The molecule has 2 aromatic heterocycles. The van der Waals surface area contributed by atoms with Crippen LogP contribution in [0, 0.1) is 6.92 Å². The first-order chi connectivity index (χ1) is 9.66. The molecule has 0 aliphatic rings. The first-order valence-corrected chi connectivity index (χ1v) is 6.13. The van der Waals surface area contributed by atoms with Gasteiger partial charge in [-0.1, -0.05) is 22.9 Å². The highest BCUT2D eigenvalue weighted by atomic mass is 35.5. The summed E-state index contributed by atoms with van der Waals surface area (Å²) in [4.78, 5) is 12.2. The molecule has 0 radical (unpaired) electrons. The van der Waals surface area contributed by atoms with Crippen LogP contribution in [0.1, 0.15) is 21.9 Å². The van der Waals surface area contributed by atoms with E-state index in [2.05, 4.69) is 25.7 Å². The smallest absolute Gasteiger partial charge is 0.237 e. The predicted molar refractivity (Wildman–Crippen MR) is 70.9 cm³/mol. The zero-order valence-corrected chi connectivity index (χ0v) is 11.2. The molecule has 0 aliphatic heterocycles. The molecule has 0 atom stereocenters. The molecule has 8 heteroatoms. The van der Waals surface area contributed by atoms with Gasteiger partial charge in [0, 0.05) is 5.02 Å². The van der Waals surface area contributed by atoms with Crippen LogP contribution in [-0.2, 0) is 0 Å². The molecule has 3 rings (SSSR count). The molecule has 0 aliphatic carbocycles. The van der Waals surface area contributed by atoms with Crippen molar-refractivity contribution in [2.45, 2.75) is 6.92 Å². The lowest BCUT2D eigenvalue weighted by Crippen LogP contribution is -2.06. The normalized spacial score (nSPS) is 10.7. The van der Waals surface area contributed by atoms with Gasteiger partial charge in [0.05, 0.1) is 17.6 Å². The van der Waals surface area contributed by atoms with Crippen molar-refractivity contribution in [3.63, 3.8) is 0 Å². The van der Waals surface area contributed by atoms with Gasteiger partial charge >= 0.3 is 0 Å². The molecule has 1 N–H and O–H groups in total. The standard InChI is InChI=1S/C12H9ClN6O/c1-7-11(12(20)10-6-14-17-15-10)16-18-19(7)9-4-2-3-8(13)5-9/h2-6H,1H3,(H,14,15,17). The maximum atomic E-state index is 12.2. The molecule has 7 nitrogen and oxygen atoms in total. The Bertz CT molecular complexity index is 764. The van der Waals surface area contributed by atoms with E-state index < -0.39 is 0 Å².